The third kappa shape index (κ3) is 3.41. The highest BCUT2D eigenvalue weighted by Gasteiger charge is 2.08. The molecule has 0 bridgehead atoms. The van der Waals surface area contributed by atoms with Crippen LogP contribution >= 0.6 is 11.6 Å². The number of benzene rings is 1. The predicted molar refractivity (Wildman–Crippen MR) is 97.8 cm³/mol. The van der Waals surface area contributed by atoms with Crippen molar-refractivity contribution in [1.82, 2.24) is 14.1 Å². The van der Waals surface area contributed by atoms with Gasteiger partial charge in [-0.2, -0.15) is 5.11 Å². The highest BCUT2D eigenvalue weighted by Crippen LogP contribution is 2.23. The van der Waals surface area contributed by atoms with Crippen LogP contribution in [0.4, 0.5) is 5.82 Å². The minimum Gasteiger partial charge on any atom is -0.361 e. The summed E-state index contributed by atoms with van der Waals surface area (Å²) in [6.45, 7) is 2.74. The van der Waals surface area contributed by atoms with Crippen molar-refractivity contribution < 1.29 is 0 Å². The molecule has 0 saturated carbocycles. The fourth-order valence-electron chi connectivity index (χ4n) is 2.64. The standard InChI is InChI=1S/C17H18ClN5O2/c1-3-6-23-15(8-16(24)22(2)17(23)25)21-20-10-11-9-19-14-5-4-12(18)7-13(11)14/h4-5,7-9,19H,3,6,10H2,1-2H3. The van der Waals surface area contributed by atoms with Gasteiger partial charge in [0.1, 0.15) is 0 Å². The van der Waals surface area contributed by atoms with Gasteiger partial charge in [0, 0.05) is 47.3 Å². The molecule has 3 aromatic rings. The first-order valence-electron chi connectivity index (χ1n) is 7.95. The van der Waals surface area contributed by atoms with Crippen molar-refractivity contribution in [1.29, 1.82) is 0 Å². The minimum atomic E-state index is -0.398. The first kappa shape index (κ1) is 17.2. The molecule has 0 radical (unpaired) electrons. The van der Waals surface area contributed by atoms with Crippen LogP contribution in [0, 0.1) is 0 Å². The van der Waals surface area contributed by atoms with Gasteiger partial charge in [-0.1, -0.05) is 18.5 Å². The normalized spacial score (nSPS) is 11.6. The van der Waals surface area contributed by atoms with Crippen LogP contribution in [0.3, 0.4) is 0 Å². The van der Waals surface area contributed by atoms with Crippen molar-refractivity contribution in [2.45, 2.75) is 26.4 Å². The summed E-state index contributed by atoms with van der Waals surface area (Å²) in [5.41, 5.74) is 1.12. The van der Waals surface area contributed by atoms with Crippen LogP contribution in [0.5, 0.6) is 0 Å². The lowest BCUT2D eigenvalue weighted by Gasteiger charge is -2.08. The number of aromatic nitrogens is 3. The molecule has 0 spiro atoms. The van der Waals surface area contributed by atoms with E-state index in [2.05, 4.69) is 15.2 Å². The Bertz CT molecular complexity index is 1060. The maximum absolute atomic E-state index is 12.2. The van der Waals surface area contributed by atoms with Crippen LogP contribution in [-0.4, -0.2) is 14.1 Å². The summed E-state index contributed by atoms with van der Waals surface area (Å²) in [7, 11) is 1.45. The van der Waals surface area contributed by atoms with Gasteiger partial charge in [0.15, 0.2) is 5.82 Å². The van der Waals surface area contributed by atoms with Gasteiger partial charge in [-0.05, 0) is 24.6 Å². The number of hydrogen-bond donors (Lipinski definition) is 1. The Kier molecular flexibility index (Phi) is 4.85. The molecule has 0 unspecified atom stereocenters. The SMILES string of the molecule is CCCn1c(N=NCc2c[nH]c3ccc(Cl)cc23)cc(=O)n(C)c1=O. The van der Waals surface area contributed by atoms with Crippen molar-refractivity contribution in [3.8, 4) is 0 Å². The maximum Gasteiger partial charge on any atom is 0.332 e. The lowest BCUT2D eigenvalue weighted by molar-refractivity contribution is 0.590. The Morgan fingerprint density at radius 2 is 2.04 bits per heavy atom. The summed E-state index contributed by atoms with van der Waals surface area (Å²) >= 11 is 6.04. The Balaban J connectivity index is 1.93. The molecule has 0 amide bonds. The molecular weight excluding hydrogens is 342 g/mol. The molecule has 0 aliphatic heterocycles. The highest BCUT2D eigenvalue weighted by atomic mass is 35.5. The zero-order chi connectivity index (χ0) is 18.0. The van der Waals surface area contributed by atoms with Crippen molar-refractivity contribution >= 4 is 28.3 Å². The first-order valence-corrected chi connectivity index (χ1v) is 8.33. The lowest BCUT2D eigenvalue weighted by Crippen LogP contribution is -2.37. The fourth-order valence-corrected chi connectivity index (χ4v) is 2.81. The number of nitrogens with zero attached hydrogens (tertiary/aromatic N) is 4. The summed E-state index contributed by atoms with van der Waals surface area (Å²) in [4.78, 5) is 27.2. The van der Waals surface area contributed by atoms with E-state index < -0.39 is 5.56 Å². The molecular formula is C17H18ClN5O2. The Hall–Kier alpha value is -2.67. The van der Waals surface area contributed by atoms with Crippen LogP contribution in [0.15, 0.2) is 50.3 Å². The molecule has 1 N–H and O–H groups in total. The molecule has 130 valence electrons. The number of nitrogens with one attached hydrogen (secondary N) is 1. The van der Waals surface area contributed by atoms with Gasteiger partial charge in [0.2, 0.25) is 0 Å². The van der Waals surface area contributed by atoms with Crippen LogP contribution in [-0.2, 0) is 20.1 Å². The van der Waals surface area contributed by atoms with E-state index in [0.717, 1.165) is 27.5 Å². The van der Waals surface area contributed by atoms with Crippen LogP contribution in [0.2, 0.25) is 5.02 Å². The fraction of sp³-hybridized carbons (Fsp3) is 0.294. The van der Waals surface area contributed by atoms with Crippen molar-refractivity contribution in [3.05, 3.63) is 61.9 Å². The number of fused-ring (bicyclic) bond motifs is 1. The van der Waals surface area contributed by atoms with Crippen LogP contribution < -0.4 is 11.2 Å². The quantitative estimate of drug-likeness (QED) is 0.708. The van der Waals surface area contributed by atoms with Gasteiger partial charge in [0.25, 0.3) is 5.56 Å². The second kappa shape index (κ2) is 7.06. The number of azo groups is 1. The smallest absolute Gasteiger partial charge is 0.332 e. The summed E-state index contributed by atoms with van der Waals surface area (Å²) in [5.74, 6) is 0.271. The van der Waals surface area contributed by atoms with E-state index in [0.29, 0.717) is 18.1 Å². The summed E-state index contributed by atoms with van der Waals surface area (Å²) < 4.78 is 2.52. The summed E-state index contributed by atoms with van der Waals surface area (Å²) in [6.07, 6.45) is 2.60. The van der Waals surface area contributed by atoms with E-state index in [-0.39, 0.29) is 11.5 Å². The zero-order valence-electron chi connectivity index (χ0n) is 14.0. The van der Waals surface area contributed by atoms with Crippen LogP contribution in [0.25, 0.3) is 10.9 Å². The predicted octanol–water partition coefficient (Wildman–Crippen LogP) is 3.38. The van der Waals surface area contributed by atoms with Crippen molar-refractivity contribution in [2.24, 2.45) is 17.3 Å². The molecule has 0 aliphatic carbocycles. The molecule has 0 atom stereocenters. The number of H-pyrrole nitrogens is 1. The maximum atomic E-state index is 12.2. The van der Waals surface area contributed by atoms with E-state index >= 15 is 0 Å². The van der Waals surface area contributed by atoms with Gasteiger partial charge in [-0.15, -0.1) is 5.11 Å². The average molecular weight is 360 g/mol. The van der Waals surface area contributed by atoms with E-state index in [1.54, 1.807) is 0 Å². The van der Waals surface area contributed by atoms with Gasteiger partial charge >= 0.3 is 5.69 Å². The number of halogens is 1. The molecule has 0 saturated heterocycles. The van der Waals surface area contributed by atoms with Gasteiger partial charge in [-0.3, -0.25) is 13.9 Å². The number of aromatic amines is 1. The summed E-state index contributed by atoms with van der Waals surface area (Å²) in [5, 5.41) is 9.91. The van der Waals surface area contributed by atoms with Gasteiger partial charge in [-0.25, -0.2) is 4.79 Å². The molecule has 8 heteroatoms. The topological polar surface area (TPSA) is 84.5 Å². The molecule has 2 aromatic heterocycles. The third-order valence-corrected chi connectivity index (χ3v) is 4.20. The second-order valence-corrected chi connectivity index (χ2v) is 6.17. The van der Waals surface area contributed by atoms with E-state index in [1.807, 2.05) is 31.3 Å². The van der Waals surface area contributed by atoms with Gasteiger partial charge in [0.05, 0.1) is 6.54 Å². The molecule has 1 aromatic carbocycles. The van der Waals surface area contributed by atoms with E-state index in [9.17, 15) is 9.59 Å². The highest BCUT2D eigenvalue weighted by molar-refractivity contribution is 6.31. The second-order valence-electron chi connectivity index (χ2n) is 5.74. The lowest BCUT2D eigenvalue weighted by atomic mass is 10.2. The monoisotopic (exact) mass is 359 g/mol. The molecule has 25 heavy (non-hydrogen) atoms. The Morgan fingerprint density at radius 1 is 1.24 bits per heavy atom. The molecule has 0 fully saturated rings. The number of hydrogen-bond acceptors (Lipinski definition) is 4. The zero-order valence-corrected chi connectivity index (χ0v) is 14.7. The number of rotatable bonds is 5. The van der Waals surface area contributed by atoms with E-state index in [1.165, 1.54) is 17.7 Å². The van der Waals surface area contributed by atoms with Crippen molar-refractivity contribution in [3.63, 3.8) is 0 Å². The molecule has 7 nitrogen and oxygen atoms in total. The summed E-state index contributed by atoms with van der Waals surface area (Å²) in [6, 6.07) is 6.91. The first-order chi connectivity index (χ1) is 12.0. The largest absolute Gasteiger partial charge is 0.361 e. The molecule has 3 rings (SSSR count). The third-order valence-electron chi connectivity index (χ3n) is 3.97. The van der Waals surface area contributed by atoms with Gasteiger partial charge < -0.3 is 4.98 Å². The Labute approximate surface area is 148 Å². The van der Waals surface area contributed by atoms with E-state index in [4.69, 9.17) is 11.6 Å². The minimum absolute atomic E-state index is 0.271. The Morgan fingerprint density at radius 3 is 2.80 bits per heavy atom. The molecule has 0 aliphatic rings. The van der Waals surface area contributed by atoms with Crippen LogP contribution in [0.1, 0.15) is 18.9 Å². The molecule has 2 heterocycles. The van der Waals surface area contributed by atoms with Crippen molar-refractivity contribution in [2.75, 3.05) is 0 Å². The average Bonchev–Trinajstić information content (AvgIpc) is 2.98.